The van der Waals surface area contributed by atoms with Gasteiger partial charge in [0.1, 0.15) is 0 Å². The van der Waals surface area contributed by atoms with Crippen molar-refractivity contribution in [3.8, 4) is 0 Å². The average Bonchev–Trinajstić information content (AvgIpc) is 2.86. The quantitative estimate of drug-likeness (QED) is 0.120. The summed E-state index contributed by atoms with van der Waals surface area (Å²) in [6.07, 6.45) is 0. The van der Waals surface area contributed by atoms with Gasteiger partial charge in [-0.1, -0.05) is 0 Å². The fourth-order valence-electron chi connectivity index (χ4n) is 4.39. The third kappa shape index (κ3) is 6.13. The fraction of sp³-hybridized carbons (Fsp3) is 0.323. The normalized spacial score (nSPS) is 12.7. The molecular weight excluding hydrogens is 522 g/mol. The van der Waals surface area contributed by atoms with Gasteiger partial charge in [0.05, 0.1) is 0 Å². The summed E-state index contributed by atoms with van der Waals surface area (Å²) in [5.41, 5.74) is 3.54. The number of nitrogens with zero attached hydrogens (tertiary/aromatic N) is 1. The summed E-state index contributed by atoms with van der Waals surface area (Å²) >= 11 is -2.66. The summed E-state index contributed by atoms with van der Waals surface area (Å²) in [4.78, 5) is 13.2. The SMILES string of the molecule is COC(=O)/[C](=C/P(=Nc1c(C(C)C)cccc1C(C)C)(c1ccccc1)c1ccccc1)[Ge]([CH3])([CH3])[CH3]. The van der Waals surface area contributed by atoms with Crippen LogP contribution in [-0.2, 0) is 9.53 Å². The van der Waals surface area contributed by atoms with E-state index < -0.39 is 20.3 Å². The number of carbonyl (C=O) groups is 1. The van der Waals surface area contributed by atoms with Crippen LogP contribution in [0.4, 0.5) is 5.69 Å². The molecule has 5 heteroatoms. The zero-order valence-electron chi connectivity index (χ0n) is 22.9. The number of carbonyl (C=O) groups excluding carboxylic acids is 1. The molecule has 0 aromatic heterocycles. The summed E-state index contributed by atoms with van der Waals surface area (Å²) in [5.74, 6) is 9.37. The van der Waals surface area contributed by atoms with Crippen molar-refractivity contribution in [1.29, 1.82) is 0 Å². The predicted molar refractivity (Wildman–Crippen MR) is 159 cm³/mol. The van der Waals surface area contributed by atoms with Crippen molar-refractivity contribution in [2.24, 2.45) is 4.74 Å². The molecule has 3 aromatic carbocycles. The molecule has 0 atom stereocenters. The van der Waals surface area contributed by atoms with Crippen LogP contribution in [0.1, 0.15) is 50.7 Å². The molecule has 0 aliphatic carbocycles. The molecule has 0 bridgehead atoms. The Balaban J connectivity index is 2.64. The van der Waals surface area contributed by atoms with Crippen LogP contribution in [0, 0.1) is 0 Å². The van der Waals surface area contributed by atoms with Crippen LogP contribution in [0.15, 0.2) is 93.8 Å². The summed E-state index contributed by atoms with van der Waals surface area (Å²) in [7, 11) is -1.08. The van der Waals surface area contributed by atoms with E-state index in [4.69, 9.17) is 9.48 Å². The number of methoxy groups -OCH3 is 1. The van der Waals surface area contributed by atoms with Crippen molar-refractivity contribution < 1.29 is 9.53 Å². The molecule has 0 aliphatic rings. The Morgan fingerprint density at radius 2 is 1.22 bits per heavy atom. The van der Waals surface area contributed by atoms with Crippen LogP contribution in [0.25, 0.3) is 0 Å². The molecule has 0 saturated heterocycles. The van der Waals surface area contributed by atoms with Gasteiger partial charge in [-0.15, -0.1) is 0 Å². The molecule has 190 valence electrons. The second-order valence-corrected chi connectivity index (χ2v) is 24.3. The van der Waals surface area contributed by atoms with Gasteiger partial charge in [0.15, 0.2) is 0 Å². The van der Waals surface area contributed by atoms with Crippen LogP contribution in [0.3, 0.4) is 0 Å². The molecule has 0 amide bonds. The Kier molecular flexibility index (Phi) is 9.24. The zero-order chi connectivity index (χ0) is 26.5. The Bertz CT molecular complexity index is 1200. The number of hydrogen-bond donors (Lipinski definition) is 0. The molecule has 0 saturated carbocycles. The molecule has 0 fully saturated rings. The van der Waals surface area contributed by atoms with Crippen molar-refractivity contribution in [2.75, 3.05) is 7.11 Å². The number of ether oxygens (including phenoxy) is 1. The summed E-state index contributed by atoms with van der Waals surface area (Å²) in [6, 6.07) is 27.6. The summed E-state index contributed by atoms with van der Waals surface area (Å²) in [5, 5.41) is 2.27. The van der Waals surface area contributed by atoms with Gasteiger partial charge < -0.3 is 0 Å². The van der Waals surface area contributed by atoms with Crippen molar-refractivity contribution in [3.05, 3.63) is 100 Å². The van der Waals surface area contributed by atoms with E-state index in [1.165, 1.54) is 18.2 Å². The van der Waals surface area contributed by atoms with E-state index in [-0.39, 0.29) is 5.97 Å². The number of benzene rings is 3. The van der Waals surface area contributed by atoms with Gasteiger partial charge in [-0.2, -0.15) is 0 Å². The molecule has 3 rings (SSSR count). The van der Waals surface area contributed by atoms with E-state index in [9.17, 15) is 4.79 Å². The summed E-state index contributed by atoms with van der Waals surface area (Å²) in [6.45, 7) is 8.90. The van der Waals surface area contributed by atoms with Gasteiger partial charge in [-0.25, -0.2) is 0 Å². The van der Waals surface area contributed by atoms with E-state index in [1.54, 1.807) is 0 Å². The van der Waals surface area contributed by atoms with Crippen molar-refractivity contribution in [1.82, 2.24) is 0 Å². The molecule has 3 nitrogen and oxygen atoms in total. The fourth-order valence-corrected chi connectivity index (χ4v) is 13.1. The number of rotatable bonds is 8. The first kappa shape index (κ1) is 28.2. The minimum atomic E-state index is -2.66. The standard InChI is InChI=1S/C31H40GeNO2P/c1-23(2)27-20-15-21-28(24(3)4)30(27)33-36(25-16-11-9-12-17-25,26-18-13-10-14-19-26)22-29(31(34)35-8)32(5,6)7/h9-24H,1-8H3/b29-22-. The third-order valence-corrected chi connectivity index (χ3v) is 14.4. The maximum atomic E-state index is 13.2. The molecular formula is C31H40GeNO2P. The molecule has 0 radical (unpaired) electrons. The van der Waals surface area contributed by atoms with E-state index >= 15 is 0 Å². The van der Waals surface area contributed by atoms with Crippen LogP contribution in [0.5, 0.6) is 0 Å². The molecule has 36 heavy (non-hydrogen) atoms. The first-order valence-electron chi connectivity index (χ1n) is 12.7. The van der Waals surface area contributed by atoms with E-state index in [0.29, 0.717) is 11.8 Å². The van der Waals surface area contributed by atoms with Gasteiger partial charge in [-0.05, 0) is 0 Å². The van der Waals surface area contributed by atoms with Crippen LogP contribution in [0.2, 0.25) is 17.3 Å². The molecule has 3 aromatic rings. The number of hydrogen-bond acceptors (Lipinski definition) is 3. The molecule has 0 aliphatic heterocycles. The van der Waals surface area contributed by atoms with Crippen molar-refractivity contribution in [3.63, 3.8) is 0 Å². The molecule has 0 spiro atoms. The van der Waals surface area contributed by atoms with Gasteiger partial charge in [-0.3, -0.25) is 0 Å². The van der Waals surface area contributed by atoms with Gasteiger partial charge >= 0.3 is 221 Å². The Morgan fingerprint density at radius 3 is 1.58 bits per heavy atom. The van der Waals surface area contributed by atoms with Crippen molar-refractivity contribution in [2.45, 2.75) is 56.8 Å². The zero-order valence-corrected chi connectivity index (χ0v) is 25.9. The monoisotopic (exact) mass is 563 g/mol. The van der Waals surface area contributed by atoms with Crippen molar-refractivity contribution >= 4 is 42.6 Å². The molecule has 0 N–H and O–H groups in total. The predicted octanol–water partition coefficient (Wildman–Crippen LogP) is 8.35. The van der Waals surface area contributed by atoms with Crippen LogP contribution >= 0.6 is 7.05 Å². The van der Waals surface area contributed by atoms with E-state index in [1.807, 2.05) is 12.1 Å². The Morgan fingerprint density at radius 1 is 0.778 bits per heavy atom. The van der Waals surface area contributed by atoms with E-state index in [0.717, 1.165) is 20.7 Å². The average molecular weight is 562 g/mol. The molecule has 0 unspecified atom stereocenters. The van der Waals surface area contributed by atoms with Gasteiger partial charge in [0.25, 0.3) is 0 Å². The van der Waals surface area contributed by atoms with E-state index in [2.05, 4.69) is 118 Å². The van der Waals surface area contributed by atoms with Gasteiger partial charge in [0.2, 0.25) is 0 Å². The second-order valence-electron chi connectivity index (χ2n) is 10.8. The topological polar surface area (TPSA) is 38.7 Å². The second kappa shape index (κ2) is 11.8. The van der Waals surface area contributed by atoms with Crippen LogP contribution in [-0.4, -0.2) is 26.3 Å². The molecule has 0 heterocycles. The first-order valence-corrected chi connectivity index (χ1v) is 21.8. The Labute approximate surface area is 220 Å². The van der Waals surface area contributed by atoms with Crippen LogP contribution < -0.4 is 10.6 Å². The third-order valence-electron chi connectivity index (χ3n) is 6.43. The minimum absolute atomic E-state index is 0.227. The maximum absolute atomic E-state index is 13.2. The summed E-state index contributed by atoms with van der Waals surface area (Å²) < 4.78 is 12.0. The first-order chi connectivity index (χ1) is 17.0. The van der Waals surface area contributed by atoms with Gasteiger partial charge in [0, 0.05) is 0 Å². The number of esters is 1. The Hall–Kier alpha value is -2.36.